The van der Waals surface area contributed by atoms with E-state index in [-0.39, 0.29) is 24.1 Å². The van der Waals surface area contributed by atoms with Gasteiger partial charge in [-0.15, -0.1) is 0 Å². The average Bonchev–Trinajstić information content (AvgIpc) is 3.40. The number of aliphatic hydroxyl groups is 2. The quantitative estimate of drug-likeness (QED) is 0.380. The Balaban J connectivity index is 1.38. The zero-order valence-corrected chi connectivity index (χ0v) is 21.1. The van der Waals surface area contributed by atoms with Crippen molar-refractivity contribution in [3.8, 4) is 5.88 Å². The Labute approximate surface area is 207 Å². The van der Waals surface area contributed by atoms with Crippen molar-refractivity contribution in [1.82, 2.24) is 28.9 Å². The van der Waals surface area contributed by atoms with Gasteiger partial charge in [0.2, 0.25) is 11.8 Å². The zero-order chi connectivity index (χ0) is 25.5. The molecule has 16 heteroatoms. The summed E-state index contributed by atoms with van der Waals surface area (Å²) in [4.78, 5) is 12.5. The van der Waals surface area contributed by atoms with E-state index in [1.54, 1.807) is 9.34 Å². The first-order chi connectivity index (χ1) is 17.3. The van der Waals surface area contributed by atoms with Gasteiger partial charge in [-0.2, -0.15) is 9.97 Å². The number of hydrogen-bond donors (Lipinski definition) is 3. The number of ether oxygens (including phenoxy) is 4. The van der Waals surface area contributed by atoms with Crippen molar-refractivity contribution in [1.29, 1.82) is 0 Å². The maximum atomic E-state index is 14.2. The Morgan fingerprint density at radius 3 is 2.36 bits per heavy atom. The molecule has 3 aliphatic heterocycles. The topological polar surface area (TPSA) is 180 Å². The molecule has 0 saturated carbocycles. The van der Waals surface area contributed by atoms with E-state index in [1.807, 2.05) is 0 Å². The van der Waals surface area contributed by atoms with E-state index in [2.05, 4.69) is 15.0 Å². The van der Waals surface area contributed by atoms with E-state index >= 15 is 0 Å². The molecule has 3 saturated heterocycles. The van der Waals surface area contributed by atoms with E-state index < -0.39 is 31.7 Å². The molecule has 0 amide bonds. The second kappa shape index (κ2) is 10.1. The average molecular weight is 529 g/mol. The fraction of sp³-hybridized carbons (Fsp3) is 0.750. The van der Waals surface area contributed by atoms with Gasteiger partial charge in [0.15, 0.2) is 17.4 Å². The summed E-state index contributed by atoms with van der Waals surface area (Å²) in [6.07, 6.45) is -2.03. The lowest BCUT2D eigenvalue weighted by atomic mass is 9.96. The van der Waals surface area contributed by atoms with Crippen LogP contribution >= 0.6 is 7.67 Å². The maximum absolute atomic E-state index is 14.2. The molecule has 0 bridgehead atoms. The lowest BCUT2D eigenvalue weighted by Crippen LogP contribution is -2.46. The molecule has 2 aromatic heterocycles. The van der Waals surface area contributed by atoms with Gasteiger partial charge in [0.05, 0.1) is 46.5 Å². The van der Waals surface area contributed by atoms with Gasteiger partial charge >= 0.3 is 7.67 Å². The molecule has 3 aliphatic rings. The highest BCUT2D eigenvalue weighted by Gasteiger charge is 2.54. The summed E-state index contributed by atoms with van der Waals surface area (Å²) in [5.41, 5.74) is 4.65. The van der Waals surface area contributed by atoms with E-state index in [4.69, 9.17) is 29.2 Å². The standard InChI is InChI=1S/C20H32N7O8P/c1-20(29)15(28)13(35-18(20)27-12-22-14-16(27)23-19(21)24-17(14)31-2)11-34-36(30,25-3-7-32-8-4-25)26-5-9-33-10-6-26/h12-13,15,18,28-29H,3-11H2,1-2H3,(H2,21,23,24)/t13-,15-,18-,20-/m1/s1. The van der Waals surface area contributed by atoms with Crippen LogP contribution in [0.1, 0.15) is 13.2 Å². The first-order valence-corrected chi connectivity index (χ1v) is 13.3. The number of hydrogen-bond acceptors (Lipinski definition) is 12. The summed E-state index contributed by atoms with van der Waals surface area (Å²) in [6, 6.07) is 0. The molecule has 0 radical (unpaired) electrons. The van der Waals surface area contributed by atoms with Crippen molar-refractivity contribution >= 4 is 24.8 Å². The number of morpholine rings is 2. The fourth-order valence-corrected chi connectivity index (χ4v) is 7.09. The van der Waals surface area contributed by atoms with Gasteiger partial charge < -0.3 is 39.4 Å². The molecule has 5 heterocycles. The molecule has 5 rings (SSSR count). The summed E-state index contributed by atoms with van der Waals surface area (Å²) >= 11 is 0. The minimum absolute atomic E-state index is 0.0452. The van der Waals surface area contributed by atoms with Crippen molar-refractivity contribution in [2.75, 3.05) is 72.1 Å². The summed E-state index contributed by atoms with van der Waals surface area (Å²) in [5, 5.41) is 22.2. The summed E-state index contributed by atoms with van der Waals surface area (Å²) < 4.78 is 47.5. The third-order valence-corrected chi connectivity index (χ3v) is 9.42. The van der Waals surface area contributed by atoms with Crippen molar-refractivity contribution in [3.05, 3.63) is 6.33 Å². The van der Waals surface area contributed by atoms with Crippen LogP contribution in [0.4, 0.5) is 5.95 Å². The highest BCUT2D eigenvalue weighted by molar-refractivity contribution is 7.54. The second-order valence-electron chi connectivity index (χ2n) is 9.03. The van der Waals surface area contributed by atoms with Crippen LogP contribution < -0.4 is 10.5 Å². The minimum Gasteiger partial charge on any atom is -0.479 e. The van der Waals surface area contributed by atoms with E-state index in [1.165, 1.54) is 24.9 Å². The van der Waals surface area contributed by atoms with E-state index in [0.29, 0.717) is 58.1 Å². The van der Waals surface area contributed by atoms with Crippen LogP contribution in [-0.4, -0.2) is 123 Å². The number of aliphatic hydroxyl groups excluding tert-OH is 1. The van der Waals surface area contributed by atoms with Gasteiger partial charge in [0.1, 0.15) is 17.8 Å². The zero-order valence-electron chi connectivity index (χ0n) is 20.2. The molecule has 3 fully saturated rings. The second-order valence-corrected chi connectivity index (χ2v) is 11.4. The highest BCUT2D eigenvalue weighted by Crippen LogP contribution is 2.55. The van der Waals surface area contributed by atoms with Gasteiger partial charge in [0.25, 0.3) is 0 Å². The highest BCUT2D eigenvalue weighted by atomic mass is 31.2. The number of fused-ring (bicyclic) bond motifs is 1. The van der Waals surface area contributed by atoms with Crippen LogP contribution in [0.3, 0.4) is 0 Å². The number of nitrogen functional groups attached to an aromatic ring is 1. The predicted molar refractivity (Wildman–Crippen MR) is 125 cm³/mol. The number of nitrogens with two attached hydrogens (primary N) is 1. The molecule has 15 nitrogen and oxygen atoms in total. The fourth-order valence-electron chi connectivity index (χ4n) is 4.72. The molecular formula is C20H32N7O8P. The number of aromatic nitrogens is 4. The van der Waals surface area contributed by atoms with Crippen molar-refractivity contribution in [2.45, 2.75) is 31.0 Å². The normalized spacial score (nSPS) is 30.7. The molecule has 4 atom stereocenters. The number of anilines is 1. The van der Waals surface area contributed by atoms with Crippen LogP contribution in [0.25, 0.3) is 11.2 Å². The summed E-state index contributed by atoms with van der Waals surface area (Å²) in [7, 11) is -2.03. The molecule has 0 aliphatic carbocycles. The van der Waals surface area contributed by atoms with Crippen molar-refractivity contribution < 1.29 is 38.2 Å². The molecule has 0 aromatic carbocycles. The van der Waals surface area contributed by atoms with Crippen molar-refractivity contribution in [3.63, 3.8) is 0 Å². The smallest absolute Gasteiger partial charge is 0.346 e. The summed E-state index contributed by atoms with van der Waals surface area (Å²) in [6.45, 7) is 4.81. The number of rotatable bonds is 7. The first kappa shape index (κ1) is 25.7. The van der Waals surface area contributed by atoms with E-state index in [9.17, 15) is 14.8 Å². The third kappa shape index (κ3) is 4.48. The van der Waals surface area contributed by atoms with Gasteiger partial charge in [-0.25, -0.2) is 14.3 Å². The molecule has 4 N–H and O–H groups in total. The molecular weight excluding hydrogens is 497 g/mol. The molecule has 0 spiro atoms. The number of imidazole rings is 1. The Bertz CT molecular complexity index is 1100. The summed E-state index contributed by atoms with van der Waals surface area (Å²) in [5.74, 6) is 0.127. The van der Waals surface area contributed by atoms with Gasteiger partial charge in [0, 0.05) is 26.2 Å². The monoisotopic (exact) mass is 529 g/mol. The largest absolute Gasteiger partial charge is 0.479 e. The van der Waals surface area contributed by atoms with Crippen LogP contribution in [0.5, 0.6) is 5.88 Å². The number of methoxy groups -OCH3 is 1. The first-order valence-electron chi connectivity index (χ1n) is 11.8. The minimum atomic E-state index is -3.47. The molecule has 200 valence electrons. The lowest BCUT2D eigenvalue weighted by molar-refractivity contribution is -0.0949. The van der Waals surface area contributed by atoms with Crippen molar-refractivity contribution in [2.24, 2.45) is 0 Å². The van der Waals surface area contributed by atoms with Gasteiger partial charge in [-0.05, 0) is 6.92 Å². The third-order valence-electron chi connectivity index (χ3n) is 6.70. The molecule has 2 aromatic rings. The van der Waals surface area contributed by atoms with E-state index in [0.717, 1.165) is 0 Å². The van der Waals surface area contributed by atoms with Gasteiger partial charge in [-0.3, -0.25) is 9.13 Å². The Hall–Kier alpha value is -1.94. The SMILES string of the molecule is COc1nc(N)nc2c1ncn2[C@@H]1O[C@H](COP(=O)(N2CCOCC2)N2CCOCC2)[C@@H](O)[C@@]1(C)O. The molecule has 0 unspecified atom stereocenters. The maximum Gasteiger partial charge on any atom is 0.346 e. The lowest BCUT2D eigenvalue weighted by Gasteiger charge is -2.41. The predicted octanol–water partition coefficient (Wildman–Crippen LogP) is -0.784. The van der Waals surface area contributed by atoms with Crippen LogP contribution in [0.15, 0.2) is 6.33 Å². The molecule has 36 heavy (non-hydrogen) atoms. The van der Waals surface area contributed by atoms with Crippen LogP contribution in [0.2, 0.25) is 0 Å². The Morgan fingerprint density at radius 1 is 1.17 bits per heavy atom. The Morgan fingerprint density at radius 2 is 1.78 bits per heavy atom. The van der Waals surface area contributed by atoms with Crippen LogP contribution in [0, 0.1) is 0 Å². The Kier molecular flexibility index (Phi) is 7.20. The van der Waals surface area contributed by atoms with Gasteiger partial charge in [-0.1, -0.05) is 0 Å². The number of nitrogens with zero attached hydrogens (tertiary/aromatic N) is 6. The van der Waals surface area contributed by atoms with Crippen LogP contribution in [-0.2, 0) is 23.3 Å².